The summed E-state index contributed by atoms with van der Waals surface area (Å²) < 4.78 is 7.71. The molecule has 1 aliphatic heterocycles. The highest BCUT2D eigenvalue weighted by atomic mass is 79.9. The van der Waals surface area contributed by atoms with Crippen LogP contribution >= 0.6 is 43.6 Å². The first kappa shape index (κ1) is 23.1. The second-order valence-electron chi connectivity index (χ2n) is 7.04. The van der Waals surface area contributed by atoms with E-state index >= 15 is 0 Å². The van der Waals surface area contributed by atoms with Gasteiger partial charge < -0.3 is 25.2 Å². The summed E-state index contributed by atoms with van der Waals surface area (Å²) in [7, 11) is 0. The third-order valence-electron chi connectivity index (χ3n) is 4.99. The number of hydrogen-bond acceptors (Lipinski definition) is 6. The van der Waals surface area contributed by atoms with Crippen molar-refractivity contribution in [1.82, 2.24) is 0 Å². The normalized spacial score (nSPS) is 27.1. The quantitative estimate of drug-likeness (QED) is 0.444. The molecule has 3 rings (SSSR count). The molecule has 1 heterocycles. The van der Waals surface area contributed by atoms with Crippen LogP contribution in [0.25, 0.3) is 0 Å². The van der Waals surface area contributed by atoms with Gasteiger partial charge in [-0.3, -0.25) is 0 Å². The standard InChI is InChI=1S/C21H24Br2O5S/c1-2-11-3-5-12(6-4-11)7-13-8-14(22)9-15(23)20(13)28-21-19(27)18(26)17(25)16(10-24)29-21/h3-6,8-9,16-19,21,24-27H,2,7,10H2,1H3/t16-,17-,18?,19-,21-/m1/s1. The Bertz CT molecular complexity index is 831. The molecule has 1 aliphatic rings. The molecule has 1 unspecified atom stereocenters. The van der Waals surface area contributed by atoms with Crippen LogP contribution in [0.5, 0.6) is 5.75 Å². The van der Waals surface area contributed by atoms with Crippen LogP contribution in [-0.2, 0) is 12.8 Å². The van der Waals surface area contributed by atoms with E-state index in [1.807, 2.05) is 12.1 Å². The van der Waals surface area contributed by atoms with Crippen LogP contribution in [0.4, 0.5) is 0 Å². The molecular weight excluding hydrogens is 524 g/mol. The average molecular weight is 548 g/mol. The Labute approximate surface area is 191 Å². The predicted molar refractivity (Wildman–Crippen MR) is 121 cm³/mol. The summed E-state index contributed by atoms with van der Waals surface area (Å²) >= 11 is 8.16. The fourth-order valence-corrected chi connectivity index (χ4v) is 5.90. The summed E-state index contributed by atoms with van der Waals surface area (Å²) in [6, 6.07) is 12.2. The van der Waals surface area contributed by atoms with Crippen molar-refractivity contribution < 1.29 is 25.2 Å². The fraction of sp³-hybridized carbons (Fsp3) is 0.429. The van der Waals surface area contributed by atoms with Gasteiger partial charge in [-0.05, 0) is 45.6 Å². The second kappa shape index (κ2) is 10.1. The Balaban J connectivity index is 1.88. The molecule has 0 radical (unpaired) electrons. The van der Waals surface area contributed by atoms with Gasteiger partial charge in [-0.15, -0.1) is 11.8 Å². The highest BCUT2D eigenvalue weighted by Gasteiger charge is 2.44. The molecular formula is C21H24Br2O5S. The highest BCUT2D eigenvalue weighted by molar-refractivity contribution is 9.11. The lowest BCUT2D eigenvalue weighted by molar-refractivity contribution is -0.0911. The zero-order chi connectivity index (χ0) is 21.1. The van der Waals surface area contributed by atoms with Gasteiger partial charge in [0.2, 0.25) is 0 Å². The summed E-state index contributed by atoms with van der Waals surface area (Å²) in [6.07, 6.45) is -2.29. The summed E-state index contributed by atoms with van der Waals surface area (Å²) in [4.78, 5) is 0. The van der Waals surface area contributed by atoms with Gasteiger partial charge in [0.1, 0.15) is 18.0 Å². The molecule has 1 fully saturated rings. The lowest BCUT2D eigenvalue weighted by Gasteiger charge is -2.39. The Morgan fingerprint density at radius 3 is 2.24 bits per heavy atom. The number of halogens is 2. The first-order valence-electron chi connectivity index (χ1n) is 9.37. The van der Waals surface area contributed by atoms with E-state index in [1.165, 1.54) is 5.56 Å². The number of rotatable bonds is 6. The summed E-state index contributed by atoms with van der Waals surface area (Å²) in [5.41, 5.74) is 2.47. The second-order valence-corrected chi connectivity index (χ2v) is 10.2. The van der Waals surface area contributed by atoms with Crippen molar-refractivity contribution in [3.05, 3.63) is 62.0 Å². The third kappa shape index (κ3) is 5.36. The maximum atomic E-state index is 10.4. The molecule has 0 bridgehead atoms. The SMILES string of the molecule is CCc1ccc(Cc2cc(Br)cc(Br)c2O[C@@H]2S[C@H](CO)[C@@H](O)C(O)[C@H]2O)cc1. The molecule has 0 aliphatic carbocycles. The highest BCUT2D eigenvalue weighted by Crippen LogP contribution is 2.40. The van der Waals surface area contributed by atoms with Crippen LogP contribution in [0.1, 0.15) is 23.6 Å². The lowest BCUT2D eigenvalue weighted by Crippen LogP contribution is -2.55. The zero-order valence-corrected chi connectivity index (χ0v) is 19.8. The molecule has 8 heteroatoms. The monoisotopic (exact) mass is 546 g/mol. The van der Waals surface area contributed by atoms with Crippen LogP contribution in [0.2, 0.25) is 0 Å². The first-order valence-corrected chi connectivity index (χ1v) is 11.9. The van der Waals surface area contributed by atoms with E-state index in [2.05, 4.69) is 63.0 Å². The van der Waals surface area contributed by atoms with E-state index in [0.29, 0.717) is 16.6 Å². The smallest absolute Gasteiger partial charge is 0.173 e. The minimum absolute atomic E-state index is 0.326. The topological polar surface area (TPSA) is 90.2 Å². The molecule has 2 aromatic carbocycles. The largest absolute Gasteiger partial charge is 0.475 e. The van der Waals surface area contributed by atoms with Crippen molar-refractivity contribution in [2.75, 3.05) is 6.61 Å². The van der Waals surface area contributed by atoms with E-state index in [1.54, 1.807) is 0 Å². The first-order chi connectivity index (χ1) is 13.8. The van der Waals surface area contributed by atoms with Crippen molar-refractivity contribution in [2.24, 2.45) is 0 Å². The van der Waals surface area contributed by atoms with Crippen LogP contribution in [0.3, 0.4) is 0 Å². The maximum Gasteiger partial charge on any atom is 0.173 e. The molecule has 0 spiro atoms. The van der Waals surface area contributed by atoms with Gasteiger partial charge in [0, 0.05) is 16.5 Å². The van der Waals surface area contributed by atoms with Gasteiger partial charge in [0.15, 0.2) is 5.44 Å². The minimum Gasteiger partial charge on any atom is -0.475 e. The van der Waals surface area contributed by atoms with Crippen molar-refractivity contribution in [3.63, 3.8) is 0 Å². The van der Waals surface area contributed by atoms with Crippen molar-refractivity contribution in [3.8, 4) is 5.75 Å². The van der Waals surface area contributed by atoms with E-state index in [4.69, 9.17) is 4.74 Å². The number of thioether (sulfide) groups is 1. The Morgan fingerprint density at radius 2 is 1.62 bits per heavy atom. The van der Waals surface area contributed by atoms with Crippen LogP contribution < -0.4 is 4.74 Å². The van der Waals surface area contributed by atoms with E-state index in [9.17, 15) is 20.4 Å². The molecule has 0 saturated carbocycles. The summed E-state index contributed by atoms with van der Waals surface area (Å²) in [5.74, 6) is 0.560. The Hall–Kier alpha value is -0.610. The molecule has 4 N–H and O–H groups in total. The van der Waals surface area contributed by atoms with Crippen molar-refractivity contribution >= 4 is 43.6 Å². The van der Waals surface area contributed by atoms with Gasteiger partial charge in [-0.1, -0.05) is 47.1 Å². The third-order valence-corrected chi connectivity index (χ3v) is 7.46. The number of aryl methyl sites for hydroxylation is 1. The number of benzene rings is 2. The molecule has 158 valence electrons. The molecule has 5 atom stereocenters. The van der Waals surface area contributed by atoms with Crippen LogP contribution in [0.15, 0.2) is 45.3 Å². The van der Waals surface area contributed by atoms with Gasteiger partial charge in [0.25, 0.3) is 0 Å². The van der Waals surface area contributed by atoms with Gasteiger partial charge in [-0.2, -0.15) is 0 Å². The van der Waals surface area contributed by atoms with Gasteiger partial charge in [-0.25, -0.2) is 0 Å². The fourth-order valence-electron chi connectivity index (χ4n) is 3.27. The van der Waals surface area contributed by atoms with Crippen molar-refractivity contribution in [1.29, 1.82) is 0 Å². The number of aliphatic hydroxyl groups is 4. The molecule has 29 heavy (non-hydrogen) atoms. The van der Waals surface area contributed by atoms with Crippen LogP contribution in [0, 0.1) is 0 Å². The van der Waals surface area contributed by atoms with E-state index in [-0.39, 0.29) is 6.61 Å². The average Bonchev–Trinajstić information content (AvgIpc) is 2.71. The van der Waals surface area contributed by atoms with Gasteiger partial charge >= 0.3 is 0 Å². The number of aliphatic hydroxyl groups excluding tert-OH is 4. The van der Waals surface area contributed by atoms with Crippen molar-refractivity contribution in [2.45, 2.75) is 48.8 Å². The molecule has 5 nitrogen and oxygen atoms in total. The summed E-state index contributed by atoms with van der Waals surface area (Å²) in [6.45, 7) is 1.79. The zero-order valence-electron chi connectivity index (χ0n) is 15.8. The molecule has 1 saturated heterocycles. The molecule has 2 aromatic rings. The number of hydrogen-bond donors (Lipinski definition) is 4. The minimum atomic E-state index is -1.39. The van der Waals surface area contributed by atoms with E-state index in [0.717, 1.165) is 33.8 Å². The predicted octanol–water partition coefficient (Wildman–Crippen LogP) is 3.26. The maximum absolute atomic E-state index is 10.4. The van der Waals surface area contributed by atoms with Crippen LogP contribution in [-0.4, -0.2) is 56.0 Å². The van der Waals surface area contributed by atoms with E-state index < -0.39 is 29.0 Å². The summed E-state index contributed by atoms with van der Waals surface area (Å²) in [5, 5.41) is 39.4. The molecule has 0 aromatic heterocycles. The number of ether oxygens (including phenoxy) is 1. The Morgan fingerprint density at radius 1 is 0.966 bits per heavy atom. The Kier molecular flexibility index (Phi) is 8.06. The van der Waals surface area contributed by atoms with Gasteiger partial charge in [0.05, 0.1) is 22.4 Å². The molecule has 0 amide bonds. The lowest BCUT2D eigenvalue weighted by atomic mass is 10.0.